The van der Waals surface area contributed by atoms with Gasteiger partial charge in [0.1, 0.15) is 11.4 Å². The topological polar surface area (TPSA) is 84.1 Å². The third-order valence-electron chi connectivity index (χ3n) is 3.49. The number of alkyl halides is 2. The number of carbonyl (C=O) groups excluding carboxylic acids is 1. The van der Waals surface area contributed by atoms with Gasteiger partial charge in [-0.15, -0.1) is 0 Å². The Bertz CT molecular complexity index is 774. The van der Waals surface area contributed by atoms with E-state index in [1.807, 2.05) is 0 Å². The maximum atomic E-state index is 12.7. The molecule has 2 N–H and O–H groups in total. The Hall–Kier alpha value is -2.77. The second-order valence-corrected chi connectivity index (χ2v) is 5.25. The fourth-order valence-electron chi connectivity index (χ4n) is 1.98. The lowest BCUT2D eigenvalue weighted by molar-refractivity contribution is 0.0856. The summed E-state index contributed by atoms with van der Waals surface area (Å²) in [7, 11) is 0. The molecule has 1 saturated carbocycles. The van der Waals surface area contributed by atoms with E-state index in [-0.39, 0.29) is 18.7 Å². The Morgan fingerprint density at radius 3 is 2.70 bits per heavy atom. The average Bonchev–Trinajstić information content (AvgIpc) is 3.15. The number of benzene rings is 1. The van der Waals surface area contributed by atoms with Crippen LogP contribution < -0.4 is 15.6 Å². The molecule has 8 heteroatoms. The number of aromatic amines is 1. The summed E-state index contributed by atoms with van der Waals surface area (Å²) in [4.78, 5) is 29.5. The van der Waals surface area contributed by atoms with Crippen LogP contribution in [0.4, 0.5) is 14.5 Å². The lowest BCUT2D eigenvalue weighted by Gasteiger charge is -2.07. The number of aromatic nitrogens is 2. The van der Waals surface area contributed by atoms with E-state index < -0.39 is 23.3 Å². The predicted molar refractivity (Wildman–Crippen MR) is 77.8 cm³/mol. The van der Waals surface area contributed by atoms with Crippen LogP contribution in [0.15, 0.2) is 41.6 Å². The molecule has 1 heterocycles. The van der Waals surface area contributed by atoms with Gasteiger partial charge in [-0.3, -0.25) is 9.59 Å². The summed E-state index contributed by atoms with van der Waals surface area (Å²) < 4.78 is 30.7. The van der Waals surface area contributed by atoms with Gasteiger partial charge in [0, 0.05) is 12.0 Å². The van der Waals surface area contributed by atoms with Crippen LogP contribution in [0.1, 0.15) is 16.8 Å². The van der Waals surface area contributed by atoms with E-state index in [9.17, 15) is 18.4 Å². The number of ether oxygens (including phenoxy) is 1. The van der Waals surface area contributed by atoms with Gasteiger partial charge in [0.15, 0.2) is 0 Å². The Balaban J connectivity index is 1.59. The van der Waals surface area contributed by atoms with Crippen LogP contribution in [0, 0.1) is 5.92 Å². The van der Waals surface area contributed by atoms with Crippen LogP contribution in [-0.4, -0.2) is 28.4 Å². The smallest absolute Gasteiger partial charge is 0.274 e. The van der Waals surface area contributed by atoms with Crippen LogP contribution in [0.3, 0.4) is 0 Å². The SMILES string of the molecule is O=C(Nc1cnc[nH]c1=O)c1ccc(OCC2CC2(F)F)cc1. The zero-order chi connectivity index (χ0) is 16.4. The molecular weight excluding hydrogens is 308 g/mol. The number of H-pyrrole nitrogens is 1. The highest BCUT2D eigenvalue weighted by Gasteiger charge is 2.57. The second kappa shape index (κ2) is 5.79. The molecule has 1 amide bonds. The Morgan fingerprint density at radius 2 is 2.09 bits per heavy atom. The van der Waals surface area contributed by atoms with Crippen LogP contribution in [-0.2, 0) is 0 Å². The molecule has 3 rings (SSSR count). The first kappa shape index (κ1) is 15.1. The minimum Gasteiger partial charge on any atom is -0.493 e. The molecule has 1 fully saturated rings. The zero-order valence-electron chi connectivity index (χ0n) is 11.9. The average molecular weight is 321 g/mol. The fraction of sp³-hybridized carbons (Fsp3) is 0.267. The van der Waals surface area contributed by atoms with Gasteiger partial charge in [0.05, 0.1) is 25.0 Å². The minimum atomic E-state index is -2.61. The largest absolute Gasteiger partial charge is 0.493 e. The molecule has 1 aromatic carbocycles. The standard InChI is InChI=1S/C15H13F2N3O3/c16-15(17)5-10(15)7-23-11-3-1-9(2-4-11)13(21)20-12-6-18-8-19-14(12)22/h1-4,6,8,10H,5,7H2,(H,20,21)(H,18,19,22). The van der Waals surface area contributed by atoms with Crippen molar-refractivity contribution in [2.75, 3.05) is 11.9 Å². The van der Waals surface area contributed by atoms with E-state index in [0.29, 0.717) is 11.3 Å². The molecule has 120 valence electrons. The molecule has 1 aliphatic carbocycles. The molecule has 23 heavy (non-hydrogen) atoms. The summed E-state index contributed by atoms with van der Waals surface area (Å²) >= 11 is 0. The molecule has 0 radical (unpaired) electrons. The molecule has 1 atom stereocenters. The second-order valence-electron chi connectivity index (χ2n) is 5.25. The molecule has 0 aliphatic heterocycles. The molecule has 0 spiro atoms. The maximum absolute atomic E-state index is 12.7. The van der Waals surface area contributed by atoms with E-state index in [2.05, 4.69) is 15.3 Å². The number of rotatable bonds is 5. The molecule has 1 aromatic heterocycles. The van der Waals surface area contributed by atoms with E-state index in [4.69, 9.17) is 4.74 Å². The normalized spacial score (nSPS) is 18.3. The van der Waals surface area contributed by atoms with Crippen molar-refractivity contribution < 1.29 is 18.3 Å². The zero-order valence-corrected chi connectivity index (χ0v) is 11.9. The number of amides is 1. The number of anilines is 1. The molecule has 2 aromatic rings. The van der Waals surface area contributed by atoms with E-state index in [1.54, 1.807) is 0 Å². The van der Waals surface area contributed by atoms with Gasteiger partial charge in [0.25, 0.3) is 17.4 Å². The van der Waals surface area contributed by atoms with Crippen LogP contribution in [0.25, 0.3) is 0 Å². The van der Waals surface area contributed by atoms with E-state index >= 15 is 0 Å². The highest BCUT2D eigenvalue weighted by atomic mass is 19.3. The summed E-state index contributed by atoms with van der Waals surface area (Å²) in [6, 6.07) is 6.01. The Morgan fingerprint density at radius 1 is 1.39 bits per heavy atom. The molecule has 0 bridgehead atoms. The Labute approximate surface area is 129 Å². The Kier molecular flexibility index (Phi) is 3.81. The first-order chi connectivity index (χ1) is 11.0. The molecule has 1 aliphatic rings. The minimum absolute atomic E-state index is 0.0359. The molecule has 6 nitrogen and oxygen atoms in total. The summed E-state index contributed by atoms with van der Waals surface area (Å²) in [5, 5.41) is 2.43. The summed E-state index contributed by atoms with van der Waals surface area (Å²) in [5.41, 5.74) is -0.121. The summed E-state index contributed by atoms with van der Waals surface area (Å²) in [6.45, 7) is -0.0520. The summed E-state index contributed by atoms with van der Waals surface area (Å²) in [5.74, 6) is -3.42. The van der Waals surface area contributed by atoms with Gasteiger partial charge in [-0.05, 0) is 24.3 Å². The molecule has 0 saturated heterocycles. The first-order valence-corrected chi connectivity index (χ1v) is 6.90. The van der Waals surface area contributed by atoms with Crippen molar-refractivity contribution in [3.63, 3.8) is 0 Å². The molecule has 1 unspecified atom stereocenters. The maximum Gasteiger partial charge on any atom is 0.274 e. The predicted octanol–water partition coefficient (Wildman–Crippen LogP) is 2.06. The number of hydrogen-bond donors (Lipinski definition) is 2. The van der Waals surface area contributed by atoms with Crippen molar-refractivity contribution in [1.29, 1.82) is 0 Å². The third-order valence-corrected chi connectivity index (χ3v) is 3.49. The van der Waals surface area contributed by atoms with Crippen molar-refractivity contribution in [1.82, 2.24) is 9.97 Å². The highest BCUT2D eigenvalue weighted by Crippen LogP contribution is 2.48. The van der Waals surface area contributed by atoms with Crippen molar-refractivity contribution in [2.24, 2.45) is 5.92 Å². The van der Waals surface area contributed by atoms with Gasteiger partial charge >= 0.3 is 0 Å². The number of nitrogens with one attached hydrogen (secondary N) is 2. The number of hydrogen-bond acceptors (Lipinski definition) is 4. The van der Waals surface area contributed by atoms with Crippen molar-refractivity contribution in [2.45, 2.75) is 12.3 Å². The van der Waals surface area contributed by atoms with Crippen molar-refractivity contribution in [3.05, 3.63) is 52.7 Å². The third kappa shape index (κ3) is 3.53. The van der Waals surface area contributed by atoms with E-state index in [0.717, 1.165) is 0 Å². The number of nitrogens with zero attached hydrogens (tertiary/aromatic N) is 1. The monoisotopic (exact) mass is 321 g/mol. The fourth-order valence-corrected chi connectivity index (χ4v) is 1.98. The van der Waals surface area contributed by atoms with Gasteiger partial charge < -0.3 is 15.0 Å². The lowest BCUT2D eigenvalue weighted by Crippen LogP contribution is -2.19. The van der Waals surface area contributed by atoms with Crippen molar-refractivity contribution >= 4 is 11.6 Å². The van der Waals surface area contributed by atoms with Crippen LogP contribution in [0.2, 0.25) is 0 Å². The highest BCUT2D eigenvalue weighted by molar-refractivity contribution is 6.04. The van der Waals surface area contributed by atoms with Crippen LogP contribution in [0.5, 0.6) is 5.75 Å². The number of halogens is 2. The van der Waals surface area contributed by atoms with Crippen LogP contribution >= 0.6 is 0 Å². The van der Waals surface area contributed by atoms with Gasteiger partial charge in [-0.25, -0.2) is 13.8 Å². The first-order valence-electron chi connectivity index (χ1n) is 6.90. The molecular formula is C15H13F2N3O3. The van der Waals surface area contributed by atoms with Gasteiger partial charge in [-0.2, -0.15) is 0 Å². The van der Waals surface area contributed by atoms with E-state index in [1.165, 1.54) is 36.8 Å². The summed E-state index contributed by atoms with van der Waals surface area (Å²) in [6.07, 6.45) is 2.31. The van der Waals surface area contributed by atoms with Gasteiger partial charge in [-0.1, -0.05) is 0 Å². The number of carbonyl (C=O) groups is 1. The lowest BCUT2D eigenvalue weighted by atomic mass is 10.2. The van der Waals surface area contributed by atoms with Gasteiger partial charge in [0.2, 0.25) is 0 Å². The van der Waals surface area contributed by atoms with Crippen molar-refractivity contribution in [3.8, 4) is 5.75 Å². The quantitative estimate of drug-likeness (QED) is 0.883.